The first kappa shape index (κ1) is 10.6. The van der Waals surface area contributed by atoms with Gasteiger partial charge in [-0.2, -0.15) is 0 Å². The van der Waals surface area contributed by atoms with Crippen LogP contribution in [0.3, 0.4) is 0 Å². The summed E-state index contributed by atoms with van der Waals surface area (Å²) >= 11 is 0. The van der Waals surface area contributed by atoms with Crippen molar-refractivity contribution < 1.29 is 4.92 Å². The number of anilines is 1. The second-order valence-corrected chi connectivity index (χ2v) is 5.00. The third-order valence-electron chi connectivity index (χ3n) is 4.05. The first-order valence-electron chi connectivity index (χ1n) is 6.28. The van der Waals surface area contributed by atoms with Gasteiger partial charge in [0.25, 0.3) is 5.69 Å². The Labute approximate surface area is 100 Å². The van der Waals surface area contributed by atoms with Crippen LogP contribution in [-0.2, 0) is 0 Å². The molecule has 2 aliphatic heterocycles. The molecule has 0 unspecified atom stereocenters. The summed E-state index contributed by atoms with van der Waals surface area (Å²) in [7, 11) is 0. The molecule has 4 heteroatoms. The van der Waals surface area contributed by atoms with Gasteiger partial charge in [0.2, 0.25) is 0 Å². The first-order valence-corrected chi connectivity index (χ1v) is 6.28. The number of non-ortho nitro benzene ring substituents is 1. The molecule has 1 aromatic rings. The van der Waals surface area contributed by atoms with Crippen molar-refractivity contribution in [2.45, 2.75) is 44.2 Å². The molecule has 1 aromatic carbocycles. The van der Waals surface area contributed by atoms with Crippen molar-refractivity contribution in [3.8, 4) is 0 Å². The van der Waals surface area contributed by atoms with Crippen LogP contribution in [0.2, 0.25) is 0 Å². The minimum atomic E-state index is -0.339. The summed E-state index contributed by atoms with van der Waals surface area (Å²) in [6.07, 6.45) is 6.43. The van der Waals surface area contributed by atoms with Crippen LogP contribution < -0.4 is 4.90 Å². The van der Waals surface area contributed by atoms with Crippen LogP contribution in [0.1, 0.15) is 32.1 Å². The maximum Gasteiger partial charge on any atom is 0.269 e. The van der Waals surface area contributed by atoms with Crippen LogP contribution in [0.25, 0.3) is 0 Å². The number of hydrogen-bond acceptors (Lipinski definition) is 3. The fourth-order valence-electron chi connectivity index (χ4n) is 3.29. The largest absolute Gasteiger partial charge is 0.366 e. The Morgan fingerprint density at radius 3 is 2.18 bits per heavy atom. The molecule has 2 heterocycles. The second kappa shape index (κ2) is 4.02. The van der Waals surface area contributed by atoms with E-state index in [4.69, 9.17) is 0 Å². The van der Waals surface area contributed by atoms with Crippen molar-refractivity contribution in [1.29, 1.82) is 0 Å². The van der Waals surface area contributed by atoms with Gasteiger partial charge in [-0.3, -0.25) is 10.1 Å². The number of nitrogens with zero attached hydrogens (tertiary/aromatic N) is 2. The van der Waals surface area contributed by atoms with Crippen LogP contribution in [0.15, 0.2) is 24.3 Å². The summed E-state index contributed by atoms with van der Waals surface area (Å²) < 4.78 is 0. The predicted octanol–water partition coefficient (Wildman–Crippen LogP) is 3.12. The van der Waals surface area contributed by atoms with Gasteiger partial charge in [-0.25, -0.2) is 0 Å². The van der Waals surface area contributed by atoms with Gasteiger partial charge in [0.05, 0.1) is 4.92 Å². The molecule has 4 nitrogen and oxygen atoms in total. The number of hydrogen-bond donors (Lipinski definition) is 0. The Morgan fingerprint density at radius 1 is 1.06 bits per heavy atom. The van der Waals surface area contributed by atoms with Crippen LogP contribution in [0.4, 0.5) is 11.4 Å². The molecular formula is C13H16N2O2. The standard InChI is InChI=1S/C13H16N2O2/c16-15(17)13-8-6-12(7-9-13)14-10-2-1-3-11(14)5-4-10/h6-11H,1-5H2/t10-,11+. The summed E-state index contributed by atoms with van der Waals surface area (Å²) in [4.78, 5) is 12.8. The molecule has 2 atom stereocenters. The third kappa shape index (κ3) is 1.77. The Hall–Kier alpha value is -1.58. The lowest BCUT2D eigenvalue weighted by Crippen LogP contribution is -2.39. The fraction of sp³-hybridized carbons (Fsp3) is 0.538. The van der Waals surface area contributed by atoms with E-state index in [-0.39, 0.29) is 10.6 Å². The molecule has 0 aromatic heterocycles. The van der Waals surface area contributed by atoms with Gasteiger partial charge in [0.1, 0.15) is 0 Å². The lowest BCUT2D eigenvalue weighted by atomic mass is 10.0. The smallest absolute Gasteiger partial charge is 0.269 e. The number of benzene rings is 1. The highest BCUT2D eigenvalue weighted by atomic mass is 16.6. The van der Waals surface area contributed by atoms with Crippen molar-refractivity contribution in [1.82, 2.24) is 0 Å². The van der Waals surface area contributed by atoms with E-state index in [9.17, 15) is 10.1 Å². The molecule has 2 fully saturated rings. The highest BCUT2D eigenvalue weighted by molar-refractivity contribution is 5.53. The fourth-order valence-corrected chi connectivity index (χ4v) is 3.29. The van der Waals surface area contributed by atoms with Gasteiger partial charge in [-0.05, 0) is 44.2 Å². The van der Waals surface area contributed by atoms with Crippen LogP contribution >= 0.6 is 0 Å². The molecule has 3 rings (SSSR count). The zero-order valence-electron chi connectivity index (χ0n) is 9.71. The van der Waals surface area contributed by atoms with Gasteiger partial charge in [-0.1, -0.05) is 0 Å². The molecule has 17 heavy (non-hydrogen) atoms. The van der Waals surface area contributed by atoms with Gasteiger partial charge < -0.3 is 4.90 Å². The number of nitro benzene ring substituents is 1. The zero-order chi connectivity index (χ0) is 11.8. The average Bonchev–Trinajstić information content (AvgIpc) is 2.59. The van der Waals surface area contributed by atoms with E-state index in [2.05, 4.69) is 4.90 Å². The molecule has 90 valence electrons. The third-order valence-corrected chi connectivity index (χ3v) is 4.05. The van der Waals surface area contributed by atoms with Crippen LogP contribution in [0.5, 0.6) is 0 Å². The van der Waals surface area contributed by atoms with E-state index in [1.54, 1.807) is 12.1 Å². The van der Waals surface area contributed by atoms with Crippen LogP contribution in [-0.4, -0.2) is 17.0 Å². The van der Waals surface area contributed by atoms with Gasteiger partial charge >= 0.3 is 0 Å². The monoisotopic (exact) mass is 232 g/mol. The Balaban J connectivity index is 1.86. The maximum atomic E-state index is 10.6. The van der Waals surface area contributed by atoms with Crippen molar-refractivity contribution in [3.63, 3.8) is 0 Å². The van der Waals surface area contributed by atoms with Crippen molar-refractivity contribution >= 4 is 11.4 Å². The molecule has 0 N–H and O–H groups in total. The SMILES string of the molecule is O=[N+]([O-])c1ccc(N2[C@@H]3CCC[C@H]2CC3)cc1. The summed E-state index contributed by atoms with van der Waals surface area (Å²) in [5, 5.41) is 10.6. The molecule has 0 saturated carbocycles. The van der Waals surface area contributed by atoms with E-state index in [1.165, 1.54) is 32.1 Å². The van der Waals surface area contributed by atoms with E-state index in [0.29, 0.717) is 12.1 Å². The Kier molecular flexibility index (Phi) is 2.50. The van der Waals surface area contributed by atoms with Gasteiger partial charge in [0.15, 0.2) is 0 Å². The topological polar surface area (TPSA) is 46.4 Å². The average molecular weight is 232 g/mol. The highest BCUT2D eigenvalue weighted by Gasteiger charge is 2.36. The Bertz CT molecular complexity index is 414. The van der Waals surface area contributed by atoms with E-state index >= 15 is 0 Å². The molecule has 0 radical (unpaired) electrons. The van der Waals surface area contributed by atoms with Crippen molar-refractivity contribution in [2.75, 3.05) is 4.90 Å². The van der Waals surface area contributed by atoms with E-state index in [0.717, 1.165) is 5.69 Å². The lowest BCUT2D eigenvalue weighted by molar-refractivity contribution is -0.384. The van der Waals surface area contributed by atoms with Crippen molar-refractivity contribution in [2.24, 2.45) is 0 Å². The second-order valence-electron chi connectivity index (χ2n) is 5.00. The van der Waals surface area contributed by atoms with Crippen molar-refractivity contribution in [3.05, 3.63) is 34.4 Å². The molecule has 2 saturated heterocycles. The summed E-state index contributed by atoms with van der Waals surface area (Å²) in [5.41, 5.74) is 1.33. The maximum absolute atomic E-state index is 10.6. The number of piperidine rings is 1. The number of rotatable bonds is 2. The molecule has 2 bridgehead atoms. The molecule has 2 aliphatic rings. The normalized spacial score (nSPS) is 27.2. The summed E-state index contributed by atoms with van der Waals surface area (Å²) in [6.45, 7) is 0. The minimum absolute atomic E-state index is 0.179. The molecule has 0 aliphatic carbocycles. The summed E-state index contributed by atoms with van der Waals surface area (Å²) in [5.74, 6) is 0. The van der Waals surface area contributed by atoms with E-state index < -0.39 is 0 Å². The van der Waals surface area contributed by atoms with Crippen LogP contribution in [0, 0.1) is 10.1 Å². The quantitative estimate of drug-likeness (QED) is 0.581. The van der Waals surface area contributed by atoms with Gasteiger partial charge in [-0.15, -0.1) is 0 Å². The lowest BCUT2D eigenvalue weighted by Gasteiger charge is -2.36. The highest BCUT2D eigenvalue weighted by Crippen LogP contribution is 2.39. The molecule has 0 amide bonds. The molecular weight excluding hydrogens is 216 g/mol. The first-order chi connectivity index (χ1) is 8.25. The molecule has 0 spiro atoms. The minimum Gasteiger partial charge on any atom is -0.366 e. The van der Waals surface area contributed by atoms with Gasteiger partial charge in [0, 0.05) is 29.9 Å². The number of nitro groups is 1. The summed E-state index contributed by atoms with van der Waals surface area (Å²) in [6, 6.07) is 8.35. The van der Waals surface area contributed by atoms with E-state index in [1.807, 2.05) is 12.1 Å². The number of fused-ring (bicyclic) bond motifs is 2. The predicted molar refractivity (Wildman–Crippen MR) is 66.2 cm³/mol. The Morgan fingerprint density at radius 2 is 1.65 bits per heavy atom. The zero-order valence-corrected chi connectivity index (χ0v) is 9.71.